The molecule has 1 aromatic heterocycles. The number of aliphatic carboxylic acids is 1. The summed E-state index contributed by atoms with van der Waals surface area (Å²) in [4.78, 5) is 27.5. The Morgan fingerprint density at radius 2 is 2.00 bits per heavy atom. The van der Waals surface area contributed by atoms with Crippen molar-refractivity contribution in [3.63, 3.8) is 0 Å². The molecule has 0 aromatic carbocycles. The summed E-state index contributed by atoms with van der Waals surface area (Å²) < 4.78 is 0. The summed E-state index contributed by atoms with van der Waals surface area (Å²) in [6.45, 7) is 7.28. The van der Waals surface area contributed by atoms with E-state index in [1.807, 2.05) is 13.8 Å². The molecule has 1 amide bonds. The Hall–Kier alpha value is -1.91. The summed E-state index contributed by atoms with van der Waals surface area (Å²) >= 11 is 0. The number of carboxylic acid groups (broad SMARTS) is 1. The molecule has 5 heteroatoms. The summed E-state index contributed by atoms with van der Waals surface area (Å²) in [5.74, 6) is -1.53. The Morgan fingerprint density at radius 3 is 2.47 bits per heavy atom. The molecule has 0 aliphatic heterocycles. The summed E-state index contributed by atoms with van der Waals surface area (Å²) in [7, 11) is 0. The Morgan fingerprint density at radius 1 is 1.37 bits per heavy atom. The summed E-state index contributed by atoms with van der Waals surface area (Å²) in [6, 6.07) is 2.53. The van der Waals surface area contributed by atoms with Gasteiger partial charge < -0.3 is 10.4 Å². The lowest BCUT2D eigenvalue weighted by Crippen LogP contribution is -2.45. The van der Waals surface area contributed by atoms with Crippen molar-refractivity contribution in [2.75, 3.05) is 0 Å². The Balaban J connectivity index is 2.91. The van der Waals surface area contributed by atoms with Crippen LogP contribution in [0.4, 0.5) is 0 Å². The smallest absolute Gasteiger partial charge is 0.326 e. The predicted octanol–water partition coefficient (Wildman–Crippen LogP) is 1.93. The standard InChI is InChI=1S/C14H20N2O3/c1-5-8(2)12(14(18)19)16-13(17)11-7-6-9(3)15-10(11)4/h6-8,12H,5H2,1-4H3,(H,16,17)(H,18,19)/t8-,12-/m0/s1. The van der Waals surface area contributed by atoms with E-state index in [0.29, 0.717) is 17.7 Å². The van der Waals surface area contributed by atoms with Crippen LogP contribution in [0.25, 0.3) is 0 Å². The molecular weight excluding hydrogens is 244 g/mol. The van der Waals surface area contributed by atoms with Crippen molar-refractivity contribution in [2.45, 2.75) is 40.2 Å². The highest BCUT2D eigenvalue weighted by atomic mass is 16.4. The maximum absolute atomic E-state index is 12.1. The van der Waals surface area contributed by atoms with E-state index < -0.39 is 17.9 Å². The summed E-state index contributed by atoms with van der Waals surface area (Å²) in [6.07, 6.45) is 0.683. The lowest BCUT2D eigenvalue weighted by Gasteiger charge is -2.20. The number of nitrogens with zero attached hydrogens (tertiary/aromatic N) is 1. The minimum absolute atomic E-state index is 0.125. The van der Waals surface area contributed by atoms with E-state index in [4.69, 9.17) is 5.11 Å². The van der Waals surface area contributed by atoms with Crippen LogP contribution >= 0.6 is 0 Å². The Bertz CT molecular complexity index is 486. The van der Waals surface area contributed by atoms with E-state index in [0.717, 1.165) is 5.69 Å². The molecule has 19 heavy (non-hydrogen) atoms. The van der Waals surface area contributed by atoms with E-state index >= 15 is 0 Å². The number of carboxylic acids is 1. The molecule has 0 saturated heterocycles. The number of carbonyl (C=O) groups is 2. The van der Waals surface area contributed by atoms with Crippen LogP contribution in [0.2, 0.25) is 0 Å². The molecule has 0 aliphatic rings. The molecule has 0 radical (unpaired) electrons. The molecule has 104 valence electrons. The molecule has 2 N–H and O–H groups in total. The zero-order valence-corrected chi connectivity index (χ0v) is 11.7. The SMILES string of the molecule is CC[C@H](C)[C@H](NC(=O)c1ccc(C)nc1C)C(=O)O. The topological polar surface area (TPSA) is 79.3 Å². The van der Waals surface area contributed by atoms with E-state index in [1.165, 1.54) is 0 Å². The number of pyridine rings is 1. The van der Waals surface area contributed by atoms with Crippen LogP contribution in [-0.4, -0.2) is 28.0 Å². The third-order valence-electron chi connectivity index (χ3n) is 3.24. The van der Waals surface area contributed by atoms with Gasteiger partial charge in [0, 0.05) is 5.69 Å². The number of amides is 1. The van der Waals surface area contributed by atoms with Gasteiger partial charge in [-0.15, -0.1) is 0 Å². The number of hydrogen-bond donors (Lipinski definition) is 2. The van der Waals surface area contributed by atoms with Crippen LogP contribution in [0.5, 0.6) is 0 Å². The van der Waals surface area contributed by atoms with Crippen molar-refractivity contribution in [1.29, 1.82) is 0 Å². The molecular formula is C14H20N2O3. The molecule has 0 spiro atoms. The second kappa shape index (κ2) is 6.31. The van der Waals surface area contributed by atoms with Crippen molar-refractivity contribution in [2.24, 2.45) is 5.92 Å². The zero-order chi connectivity index (χ0) is 14.6. The molecule has 0 bridgehead atoms. The summed E-state index contributed by atoms with van der Waals surface area (Å²) in [5.41, 5.74) is 1.84. The quantitative estimate of drug-likeness (QED) is 0.851. The highest BCUT2D eigenvalue weighted by Crippen LogP contribution is 2.11. The fourth-order valence-corrected chi connectivity index (χ4v) is 1.83. The maximum Gasteiger partial charge on any atom is 0.326 e. The molecule has 1 heterocycles. The number of carbonyl (C=O) groups excluding carboxylic acids is 1. The van der Waals surface area contributed by atoms with Crippen molar-refractivity contribution in [1.82, 2.24) is 10.3 Å². The van der Waals surface area contributed by atoms with Crippen molar-refractivity contribution >= 4 is 11.9 Å². The average Bonchev–Trinajstić information content (AvgIpc) is 2.34. The number of aryl methyl sites for hydroxylation is 2. The third-order valence-corrected chi connectivity index (χ3v) is 3.24. The Labute approximate surface area is 113 Å². The Kier molecular flexibility index (Phi) is 5.03. The lowest BCUT2D eigenvalue weighted by molar-refractivity contribution is -0.140. The van der Waals surface area contributed by atoms with Crippen molar-refractivity contribution in [3.05, 3.63) is 29.1 Å². The van der Waals surface area contributed by atoms with Crippen molar-refractivity contribution < 1.29 is 14.7 Å². The second-order valence-electron chi connectivity index (χ2n) is 4.76. The molecule has 2 atom stereocenters. The first-order valence-corrected chi connectivity index (χ1v) is 6.34. The first kappa shape index (κ1) is 15.1. The maximum atomic E-state index is 12.1. The monoisotopic (exact) mass is 264 g/mol. The number of aromatic nitrogens is 1. The summed E-state index contributed by atoms with van der Waals surface area (Å²) in [5, 5.41) is 11.7. The molecule has 0 unspecified atom stereocenters. The van der Waals surface area contributed by atoms with Crippen LogP contribution < -0.4 is 5.32 Å². The highest BCUT2D eigenvalue weighted by Gasteiger charge is 2.26. The third kappa shape index (κ3) is 3.77. The van der Waals surface area contributed by atoms with Gasteiger partial charge in [0.25, 0.3) is 5.91 Å². The van der Waals surface area contributed by atoms with Gasteiger partial charge in [0.2, 0.25) is 0 Å². The van der Waals surface area contributed by atoms with Crippen LogP contribution in [0.3, 0.4) is 0 Å². The molecule has 0 aliphatic carbocycles. The predicted molar refractivity (Wildman–Crippen MR) is 72.1 cm³/mol. The van der Waals surface area contributed by atoms with E-state index in [9.17, 15) is 9.59 Å². The van der Waals surface area contributed by atoms with Crippen molar-refractivity contribution in [3.8, 4) is 0 Å². The van der Waals surface area contributed by atoms with Gasteiger partial charge in [-0.1, -0.05) is 20.3 Å². The number of nitrogens with one attached hydrogen (secondary N) is 1. The molecule has 1 rings (SSSR count). The van der Waals surface area contributed by atoms with E-state index in [-0.39, 0.29) is 5.92 Å². The zero-order valence-electron chi connectivity index (χ0n) is 11.7. The first-order chi connectivity index (χ1) is 8.86. The van der Waals surface area contributed by atoms with Crippen LogP contribution in [0, 0.1) is 19.8 Å². The van der Waals surface area contributed by atoms with Gasteiger partial charge in [-0.2, -0.15) is 0 Å². The fraction of sp³-hybridized carbons (Fsp3) is 0.500. The van der Waals surface area contributed by atoms with Crippen LogP contribution in [-0.2, 0) is 4.79 Å². The lowest BCUT2D eigenvalue weighted by atomic mass is 9.99. The van der Waals surface area contributed by atoms with E-state index in [2.05, 4.69) is 10.3 Å². The average molecular weight is 264 g/mol. The van der Waals surface area contributed by atoms with Gasteiger partial charge >= 0.3 is 5.97 Å². The van der Waals surface area contributed by atoms with E-state index in [1.54, 1.807) is 26.0 Å². The fourth-order valence-electron chi connectivity index (χ4n) is 1.83. The normalized spacial score (nSPS) is 13.7. The molecule has 1 aromatic rings. The van der Waals surface area contributed by atoms with Crippen LogP contribution in [0.1, 0.15) is 42.0 Å². The minimum Gasteiger partial charge on any atom is -0.480 e. The van der Waals surface area contributed by atoms with Gasteiger partial charge in [0.05, 0.1) is 11.3 Å². The molecule has 0 fully saturated rings. The molecule has 0 saturated carbocycles. The largest absolute Gasteiger partial charge is 0.480 e. The second-order valence-corrected chi connectivity index (χ2v) is 4.76. The molecule has 5 nitrogen and oxygen atoms in total. The number of rotatable bonds is 5. The van der Waals surface area contributed by atoms with Crippen LogP contribution in [0.15, 0.2) is 12.1 Å². The minimum atomic E-state index is -1.01. The van der Waals surface area contributed by atoms with Gasteiger partial charge in [0.1, 0.15) is 6.04 Å². The van der Waals surface area contributed by atoms with Gasteiger partial charge in [-0.25, -0.2) is 4.79 Å². The highest BCUT2D eigenvalue weighted by molar-refractivity contribution is 5.97. The van der Waals surface area contributed by atoms with Gasteiger partial charge in [-0.3, -0.25) is 9.78 Å². The van der Waals surface area contributed by atoms with Gasteiger partial charge in [-0.05, 0) is 31.9 Å². The van der Waals surface area contributed by atoms with Gasteiger partial charge in [0.15, 0.2) is 0 Å². The number of hydrogen-bond acceptors (Lipinski definition) is 3. The first-order valence-electron chi connectivity index (χ1n) is 6.34.